The van der Waals surface area contributed by atoms with E-state index in [4.69, 9.17) is 0 Å². The van der Waals surface area contributed by atoms with Crippen LogP contribution in [0.2, 0.25) is 0 Å². The Morgan fingerprint density at radius 3 is 2.93 bits per heavy atom. The SMILES string of the molecule is CNC(C)c1csc2c(F)cccc12. The molecule has 0 spiro atoms. The number of rotatable bonds is 2. The van der Waals surface area contributed by atoms with Crippen LogP contribution < -0.4 is 5.32 Å². The van der Waals surface area contributed by atoms with Crippen molar-refractivity contribution in [3.8, 4) is 0 Å². The third kappa shape index (κ3) is 1.42. The average Bonchev–Trinajstić information content (AvgIpc) is 2.62. The predicted molar refractivity (Wildman–Crippen MR) is 59.3 cm³/mol. The summed E-state index contributed by atoms with van der Waals surface area (Å²) in [5.74, 6) is -0.123. The van der Waals surface area contributed by atoms with Gasteiger partial charge in [0.15, 0.2) is 0 Å². The average molecular weight is 209 g/mol. The van der Waals surface area contributed by atoms with Gasteiger partial charge in [0.2, 0.25) is 0 Å². The van der Waals surface area contributed by atoms with E-state index >= 15 is 0 Å². The molecule has 1 aromatic heterocycles. The minimum absolute atomic E-state index is 0.123. The van der Waals surface area contributed by atoms with E-state index in [1.165, 1.54) is 23.0 Å². The van der Waals surface area contributed by atoms with Crippen molar-refractivity contribution >= 4 is 21.4 Å². The number of halogens is 1. The molecule has 14 heavy (non-hydrogen) atoms. The van der Waals surface area contributed by atoms with Gasteiger partial charge in [-0.1, -0.05) is 12.1 Å². The standard InChI is InChI=1S/C11H12FNS/c1-7(13-2)9-6-14-11-8(9)4-3-5-10(11)12/h3-7,13H,1-2H3. The number of hydrogen-bond acceptors (Lipinski definition) is 2. The van der Waals surface area contributed by atoms with E-state index < -0.39 is 0 Å². The Morgan fingerprint density at radius 1 is 1.43 bits per heavy atom. The van der Waals surface area contributed by atoms with Gasteiger partial charge < -0.3 is 5.32 Å². The molecule has 1 atom stereocenters. The van der Waals surface area contributed by atoms with Crippen molar-refractivity contribution in [3.05, 3.63) is 35.0 Å². The quantitative estimate of drug-likeness (QED) is 0.800. The fourth-order valence-corrected chi connectivity index (χ4v) is 2.60. The van der Waals surface area contributed by atoms with Gasteiger partial charge in [-0.15, -0.1) is 11.3 Å². The third-order valence-corrected chi connectivity index (χ3v) is 3.50. The topological polar surface area (TPSA) is 12.0 Å². The van der Waals surface area contributed by atoms with E-state index in [1.807, 2.05) is 18.5 Å². The molecule has 0 aliphatic heterocycles. The van der Waals surface area contributed by atoms with Crippen molar-refractivity contribution in [1.82, 2.24) is 5.32 Å². The summed E-state index contributed by atoms with van der Waals surface area (Å²) in [6.07, 6.45) is 0. The summed E-state index contributed by atoms with van der Waals surface area (Å²) in [6, 6.07) is 5.51. The van der Waals surface area contributed by atoms with E-state index in [2.05, 4.69) is 12.2 Å². The Morgan fingerprint density at radius 2 is 2.21 bits per heavy atom. The minimum Gasteiger partial charge on any atom is -0.313 e. The van der Waals surface area contributed by atoms with Crippen LogP contribution in [0.15, 0.2) is 23.6 Å². The maximum absolute atomic E-state index is 13.4. The van der Waals surface area contributed by atoms with Crippen LogP contribution in [0.25, 0.3) is 10.1 Å². The molecule has 2 aromatic rings. The van der Waals surface area contributed by atoms with Crippen molar-refractivity contribution in [3.63, 3.8) is 0 Å². The molecule has 1 aromatic carbocycles. The maximum Gasteiger partial charge on any atom is 0.140 e. The Labute approximate surface area is 86.6 Å². The Hall–Kier alpha value is -0.930. The summed E-state index contributed by atoms with van der Waals surface area (Å²) in [7, 11) is 1.91. The zero-order valence-corrected chi connectivity index (χ0v) is 8.99. The molecular formula is C11H12FNS. The largest absolute Gasteiger partial charge is 0.313 e. The van der Waals surface area contributed by atoms with Crippen LogP contribution in [-0.4, -0.2) is 7.05 Å². The second-order valence-electron chi connectivity index (χ2n) is 3.32. The van der Waals surface area contributed by atoms with Crippen LogP contribution in [0.3, 0.4) is 0 Å². The van der Waals surface area contributed by atoms with Gasteiger partial charge in [-0.05, 0) is 31.0 Å². The van der Waals surface area contributed by atoms with E-state index in [9.17, 15) is 4.39 Å². The molecule has 0 fully saturated rings. The highest BCUT2D eigenvalue weighted by molar-refractivity contribution is 7.17. The zero-order chi connectivity index (χ0) is 10.1. The first-order valence-corrected chi connectivity index (χ1v) is 5.45. The first-order valence-electron chi connectivity index (χ1n) is 4.57. The number of nitrogens with one attached hydrogen (secondary N) is 1. The van der Waals surface area contributed by atoms with Crippen molar-refractivity contribution in [2.75, 3.05) is 7.05 Å². The smallest absolute Gasteiger partial charge is 0.140 e. The normalized spacial score (nSPS) is 13.4. The van der Waals surface area contributed by atoms with Gasteiger partial charge in [-0.3, -0.25) is 0 Å². The first kappa shape index (κ1) is 9.62. The number of benzene rings is 1. The molecule has 0 radical (unpaired) electrons. The molecular weight excluding hydrogens is 197 g/mol. The van der Waals surface area contributed by atoms with E-state index in [0.717, 1.165) is 10.1 Å². The molecule has 0 aliphatic carbocycles. The van der Waals surface area contributed by atoms with Gasteiger partial charge in [-0.25, -0.2) is 4.39 Å². The minimum atomic E-state index is -0.123. The predicted octanol–water partition coefficient (Wildman–Crippen LogP) is 3.32. The maximum atomic E-state index is 13.4. The van der Waals surface area contributed by atoms with Crippen LogP contribution in [0.4, 0.5) is 4.39 Å². The van der Waals surface area contributed by atoms with E-state index in [0.29, 0.717) is 0 Å². The van der Waals surface area contributed by atoms with Crippen LogP contribution in [0, 0.1) is 5.82 Å². The molecule has 0 bridgehead atoms. The molecule has 3 heteroatoms. The molecule has 1 N–H and O–H groups in total. The Balaban J connectivity index is 2.63. The molecule has 0 saturated heterocycles. The summed E-state index contributed by atoms with van der Waals surface area (Å²) in [5, 5.41) is 6.21. The fraction of sp³-hybridized carbons (Fsp3) is 0.273. The number of hydrogen-bond donors (Lipinski definition) is 1. The Kier molecular flexibility index (Phi) is 2.52. The fourth-order valence-electron chi connectivity index (χ4n) is 1.53. The van der Waals surface area contributed by atoms with Gasteiger partial charge in [0.05, 0.1) is 4.70 Å². The van der Waals surface area contributed by atoms with Gasteiger partial charge in [0.25, 0.3) is 0 Å². The van der Waals surface area contributed by atoms with E-state index in [-0.39, 0.29) is 11.9 Å². The second-order valence-corrected chi connectivity index (χ2v) is 4.20. The van der Waals surface area contributed by atoms with E-state index in [1.54, 1.807) is 6.07 Å². The molecule has 0 saturated carbocycles. The van der Waals surface area contributed by atoms with Crippen molar-refractivity contribution in [2.24, 2.45) is 0 Å². The number of thiophene rings is 1. The van der Waals surface area contributed by atoms with Crippen LogP contribution in [-0.2, 0) is 0 Å². The summed E-state index contributed by atoms with van der Waals surface area (Å²) < 4.78 is 14.1. The van der Waals surface area contributed by atoms with Crippen LogP contribution >= 0.6 is 11.3 Å². The first-order chi connectivity index (χ1) is 6.74. The van der Waals surface area contributed by atoms with Gasteiger partial charge in [-0.2, -0.15) is 0 Å². The monoisotopic (exact) mass is 209 g/mol. The molecule has 1 heterocycles. The number of fused-ring (bicyclic) bond motifs is 1. The highest BCUT2D eigenvalue weighted by Gasteiger charge is 2.11. The van der Waals surface area contributed by atoms with Gasteiger partial charge >= 0.3 is 0 Å². The highest BCUT2D eigenvalue weighted by atomic mass is 32.1. The summed E-state index contributed by atoms with van der Waals surface area (Å²) in [6.45, 7) is 2.08. The highest BCUT2D eigenvalue weighted by Crippen LogP contribution is 2.31. The molecule has 74 valence electrons. The third-order valence-electron chi connectivity index (χ3n) is 2.48. The molecule has 2 rings (SSSR count). The second kappa shape index (κ2) is 3.67. The Bertz CT molecular complexity index is 449. The molecule has 0 aliphatic rings. The van der Waals surface area contributed by atoms with Crippen molar-refractivity contribution in [1.29, 1.82) is 0 Å². The molecule has 0 amide bonds. The lowest BCUT2D eigenvalue weighted by atomic mass is 10.1. The van der Waals surface area contributed by atoms with Crippen molar-refractivity contribution < 1.29 is 4.39 Å². The molecule has 1 nitrogen and oxygen atoms in total. The van der Waals surface area contributed by atoms with Crippen molar-refractivity contribution in [2.45, 2.75) is 13.0 Å². The zero-order valence-electron chi connectivity index (χ0n) is 8.17. The van der Waals surface area contributed by atoms with Gasteiger partial charge in [0.1, 0.15) is 5.82 Å². The lowest BCUT2D eigenvalue weighted by Crippen LogP contribution is -2.11. The van der Waals surface area contributed by atoms with Crippen LogP contribution in [0.1, 0.15) is 18.5 Å². The summed E-state index contributed by atoms with van der Waals surface area (Å²) >= 11 is 1.47. The molecule has 1 unspecified atom stereocenters. The van der Waals surface area contributed by atoms with Crippen LogP contribution in [0.5, 0.6) is 0 Å². The lowest BCUT2D eigenvalue weighted by molar-refractivity contribution is 0.640. The lowest BCUT2D eigenvalue weighted by Gasteiger charge is -2.08. The summed E-state index contributed by atoms with van der Waals surface area (Å²) in [4.78, 5) is 0. The summed E-state index contributed by atoms with van der Waals surface area (Å²) in [5.41, 5.74) is 1.17. The van der Waals surface area contributed by atoms with Gasteiger partial charge in [0, 0.05) is 11.4 Å².